The number of alkyl halides is 3. The lowest BCUT2D eigenvalue weighted by Gasteiger charge is -2.37. The Labute approximate surface area is 85.8 Å². The fourth-order valence-corrected chi connectivity index (χ4v) is 2.86. The molecule has 1 saturated carbocycles. The maximum absolute atomic E-state index is 13.0. The van der Waals surface area contributed by atoms with E-state index < -0.39 is 28.6 Å². The van der Waals surface area contributed by atoms with E-state index in [2.05, 4.69) is 4.74 Å². The van der Waals surface area contributed by atoms with E-state index in [0.29, 0.717) is 0 Å². The van der Waals surface area contributed by atoms with Crippen LogP contribution in [0.15, 0.2) is 0 Å². The van der Waals surface area contributed by atoms with E-state index in [-0.39, 0.29) is 12.8 Å². The molecule has 0 aromatic rings. The third kappa shape index (κ3) is 0.858. The molecule has 86 valence electrons. The van der Waals surface area contributed by atoms with E-state index in [1.165, 1.54) is 13.8 Å². The molecule has 2 aliphatic rings. The summed E-state index contributed by atoms with van der Waals surface area (Å²) in [5.74, 6) is -0.712. The van der Waals surface area contributed by atoms with Gasteiger partial charge in [-0.1, -0.05) is 13.8 Å². The largest absolute Gasteiger partial charge is 0.448 e. The van der Waals surface area contributed by atoms with Crippen LogP contribution in [-0.2, 0) is 9.53 Å². The third-order valence-corrected chi connectivity index (χ3v) is 4.54. The summed E-state index contributed by atoms with van der Waals surface area (Å²) in [5.41, 5.74) is -4.45. The minimum absolute atomic E-state index is 0.119. The Morgan fingerprint density at radius 2 is 1.73 bits per heavy atom. The topological polar surface area (TPSA) is 26.3 Å². The smallest absolute Gasteiger partial charge is 0.428 e. The predicted molar refractivity (Wildman–Crippen MR) is 46.0 cm³/mol. The average Bonchev–Trinajstić information content (AvgIpc) is 2.33. The van der Waals surface area contributed by atoms with Crippen LogP contribution in [0.4, 0.5) is 13.2 Å². The van der Waals surface area contributed by atoms with Crippen LogP contribution in [0.1, 0.15) is 33.6 Å². The lowest BCUT2D eigenvalue weighted by molar-refractivity contribution is -0.281. The SMILES string of the molecule is CC12CCC(C(F)(F)F)(OC1=O)C2(C)C. The van der Waals surface area contributed by atoms with Crippen molar-refractivity contribution in [3.8, 4) is 0 Å². The van der Waals surface area contributed by atoms with Gasteiger partial charge < -0.3 is 4.74 Å². The van der Waals surface area contributed by atoms with Gasteiger partial charge in [0.15, 0.2) is 0 Å². The molecule has 1 aliphatic heterocycles. The lowest BCUT2D eigenvalue weighted by Crippen LogP contribution is -2.52. The van der Waals surface area contributed by atoms with Gasteiger partial charge >= 0.3 is 12.1 Å². The average molecular weight is 222 g/mol. The molecule has 0 amide bonds. The van der Waals surface area contributed by atoms with E-state index in [9.17, 15) is 18.0 Å². The minimum Gasteiger partial charge on any atom is -0.448 e. The Balaban J connectivity index is 2.59. The van der Waals surface area contributed by atoms with Crippen molar-refractivity contribution in [2.45, 2.75) is 45.4 Å². The van der Waals surface area contributed by atoms with Crippen molar-refractivity contribution in [1.29, 1.82) is 0 Å². The van der Waals surface area contributed by atoms with E-state index in [1.807, 2.05) is 0 Å². The third-order valence-electron chi connectivity index (χ3n) is 4.54. The molecule has 2 nitrogen and oxygen atoms in total. The number of fused-ring (bicyclic) bond motifs is 2. The Morgan fingerprint density at radius 1 is 1.20 bits per heavy atom. The normalized spacial score (nSPS) is 43.2. The van der Waals surface area contributed by atoms with Crippen molar-refractivity contribution in [3.05, 3.63) is 0 Å². The molecule has 5 heteroatoms. The van der Waals surface area contributed by atoms with Gasteiger partial charge in [0.2, 0.25) is 5.60 Å². The minimum atomic E-state index is -4.49. The van der Waals surface area contributed by atoms with Crippen molar-refractivity contribution in [1.82, 2.24) is 0 Å². The highest BCUT2D eigenvalue weighted by Crippen LogP contribution is 2.69. The molecule has 0 aromatic heterocycles. The number of carbonyl (C=O) groups excluding carboxylic acids is 1. The van der Waals surface area contributed by atoms with Crippen molar-refractivity contribution < 1.29 is 22.7 Å². The maximum Gasteiger partial charge on any atom is 0.428 e. The number of hydrogen-bond donors (Lipinski definition) is 0. The molecule has 1 saturated heterocycles. The van der Waals surface area contributed by atoms with Gasteiger partial charge in [-0.15, -0.1) is 0 Å². The number of rotatable bonds is 0. The number of hydrogen-bond acceptors (Lipinski definition) is 2. The van der Waals surface area contributed by atoms with Gasteiger partial charge in [0, 0.05) is 5.41 Å². The maximum atomic E-state index is 13.0. The van der Waals surface area contributed by atoms with Crippen LogP contribution < -0.4 is 0 Å². The van der Waals surface area contributed by atoms with Crippen LogP contribution in [-0.4, -0.2) is 17.7 Å². The molecule has 0 aromatic carbocycles. The predicted octanol–water partition coefficient (Wildman–Crippen LogP) is 2.67. The second-order valence-electron chi connectivity index (χ2n) is 5.17. The Kier molecular flexibility index (Phi) is 1.67. The van der Waals surface area contributed by atoms with E-state index >= 15 is 0 Å². The second kappa shape index (κ2) is 2.33. The molecular formula is C10H13F3O2. The van der Waals surface area contributed by atoms with E-state index in [1.54, 1.807) is 6.92 Å². The fourth-order valence-electron chi connectivity index (χ4n) is 2.86. The second-order valence-corrected chi connectivity index (χ2v) is 5.17. The molecule has 2 fully saturated rings. The number of ether oxygens (including phenoxy) is 1. The van der Waals surface area contributed by atoms with Gasteiger partial charge in [0.1, 0.15) is 0 Å². The fraction of sp³-hybridized carbons (Fsp3) is 0.900. The summed E-state index contributed by atoms with van der Waals surface area (Å²) >= 11 is 0. The van der Waals surface area contributed by atoms with Crippen molar-refractivity contribution in [2.24, 2.45) is 10.8 Å². The molecule has 2 bridgehead atoms. The van der Waals surface area contributed by atoms with Crippen LogP contribution in [0.5, 0.6) is 0 Å². The molecule has 1 aliphatic carbocycles. The Morgan fingerprint density at radius 3 is 1.93 bits per heavy atom. The van der Waals surface area contributed by atoms with Crippen LogP contribution >= 0.6 is 0 Å². The van der Waals surface area contributed by atoms with Gasteiger partial charge in [0.05, 0.1) is 5.41 Å². The Bertz CT molecular complexity index is 334. The standard InChI is InChI=1S/C10H13F3O2/c1-7(2)8(3)4-5-9(7,10(11,12)13)15-6(8)14/h4-5H2,1-3H3. The molecule has 0 radical (unpaired) electrons. The zero-order valence-corrected chi connectivity index (χ0v) is 8.86. The summed E-state index contributed by atoms with van der Waals surface area (Å²) in [6.45, 7) is 4.51. The zero-order valence-electron chi connectivity index (χ0n) is 8.86. The highest BCUT2D eigenvalue weighted by molar-refractivity contribution is 5.82. The van der Waals surface area contributed by atoms with Gasteiger partial charge in [-0.25, -0.2) is 0 Å². The number of esters is 1. The molecule has 1 heterocycles. The Hall–Kier alpha value is -0.740. The van der Waals surface area contributed by atoms with Gasteiger partial charge in [0.25, 0.3) is 0 Å². The highest BCUT2D eigenvalue weighted by Gasteiger charge is 2.81. The van der Waals surface area contributed by atoms with Crippen molar-refractivity contribution in [2.75, 3.05) is 0 Å². The van der Waals surface area contributed by atoms with Crippen LogP contribution in [0, 0.1) is 10.8 Å². The molecule has 15 heavy (non-hydrogen) atoms. The summed E-state index contributed by atoms with van der Waals surface area (Å²) in [7, 11) is 0. The van der Waals surface area contributed by atoms with Crippen molar-refractivity contribution in [3.63, 3.8) is 0 Å². The van der Waals surface area contributed by atoms with E-state index in [4.69, 9.17) is 0 Å². The van der Waals surface area contributed by atoms with Crippen LogP contribution in [0.25, 0.3) is 0 Å². The first kappa shape index (κ1) is 10.8. The summed E-state index contributed by atoms with van der Waals surface area (Å²) in [6, 6.07) is 0. The summed E-state index contributed by atoms with van der Waals surface area (Å²) in [6.07, 6.45) is -4.36. The van der Waals surface area contributed by atoms with Crippen molar-refractivity contribution >= 4 is 5.97 Å². The number of halogens is 3. The van der Waals surface area contributed by atoms with Gasteiger partial charge in [-0.3, -0.25) is 4.79 Å². The first-order valence-corrected chi connectivity index (χ1v) is 4.89. The first-order valence-electron chi connectivity index (χ1n) is 4.89. The quantitative estimate of drug-likeness (QED) is 0.589. The molecule has 2 rings (SSSR count). The first-order chi connectivity index (χ1) is 6.58. The highest BCUT2D eigenvalue weighted by atomic mass is 19.4. The van der Waals surface area contributed by atoms with Gasteiger partial charge in [-0.05, 0) is 19.8 Å². The summed E-state index contributed by atoms with van der Waals surface area (Å²) < 4.78 is 43.7. The molecule has 2 atom stereocenters. The lowest BCUT2D eigenvalue weighted by atomic mass is 9.66. The molecule has 0 N–H and O–H groups in total. The van der Waals surface area contributed by atoms with Crippen LogP contribution in [0.3, 0.4) is 0 Å². The zero-order chi connectivity index (χ0) is 11.7. The molecule has 0 spiro atoms. The summed E-state index contributed by atoms with van der Waals surface area (Å²) in [4.78, 5) is 11.5. The van der Waals surface area contributed by atoms with Gasteiger partial charge in [-0.2, -0.15) is 13.2 Å². The van der Waals surface area contributed by atoms with Crippen LogP contribution in [0.2, 0.25) is 0 Å². The summed E-state index contributed by atoms with van der Waals surface area (Å²) in [5, 5.41) is 0. The molecule has 2 unspecified atom stereocenters. The van der Waals surface area contributed by atoms with E-state index in [0.717, 1.165) is 0 Å². The molecular weight excluding hydrogens is 209 g/mol. The monoisotopic (exact) mass is 222 g/mol. The number of carbonyl (C=O) groups is 1.